The van der Waals surface area contributed by atoms with E-state index in [2.05, 4.69) is 62.3 Å². The second-order valence-corrected chi connectivity index (χ2v) is 3.86. The summed E-state index contributed by atoms with van der Waals surface area (Å²) in [7, 11) is 4.22. The third-order valence-corrected chi connectivity index (χ3v) is 2.47. The Morgan fingerprint density at radius 1 is 1.21 bits per heavy atom. The lowest BCUT2D eigenvalue weighted by atomic mass is 10.1. The van der Waals surface area contributed by atoms with Gasteiger partial charge in [0.05, 0.1) is 0 Å². The molecule has 1 atom stereocenters. The van der Waals surface area contributed by atoms with Crippen molar-refractivity contribution in [1.82, 2.24) is 4.90 Å². The van der Waals surface area contributed by atoms with Crippen molar-refractivity contribution in [2.45, 2.75) is 19.4 Å². The number of rotatable bonds is 4. The van der Waals surface area contributed by atoms with E-state index in [4.69, 9.17) is 0 Å². The van der Waals surface area contributed by atoms with Crippen molar-refractivity contribution in [3.63, 3.8) is 0 Å². The normalized spacial score (nSPS) is 13.7. The lowest BCUT2D eigenvalue weighted by Crippen LogP contribution is -2.23. The average Bonchev–Trinajstić information content (AvgIpc) is 2.19. The number of hydrogen-bond acceptors (Lipinski definition) is 1. The highest BCUT2D eigenvalue weighted by atomic mass is 15.1. The average molecular weight is 189 g/mol. The molecule has 1 nitrogen and oxygen atoms in total. The van der Waals surface area contributed by atoms with E-state index in [0.29, 0.717) is 6.04 Å². The second-order valence-electron chi connectivity index (χ2n) is 3.86. The van der Waals surface area contributed by atoms with Gasteiger partial charge in [0.1, 0.15) is 0 Å². The van der Waals surface area contributed by atoms with Crippen LogP contribution >= 0.6 is 0 Å². The first-order chi connectivity index (χ1) is 6.70. The fourth-order valence-electron chi connectivity index (χ4n) is 1.18. The van der Waals surface area contributed by atoms with Gasteiger partial charge in [0.25, 0.3) is 0 Å². The minimum Gasteiger partial charge on any atom is -0.306 e. The number of hydrogen-bond donors (Lipinski definition) is 0. The minimum absolute atomic E-state index is 0.606. The van der Waals surface area contributed by atoms with Crippen molar-refractivity contribution in [3.8, 4) is 0 Å². The summed E-state index contributed by atoms with van der Waals surface area (Å²) in [5.41, 5.74) is 1.28. The largest absolute Gasteiger partial charge is 0.306 e. The van der Waals surface area contributed by atoms with Gasteiger partial charge in [0.2, 0.25) is 0 Å². The molecule has 0 radical (unpaired) electrons. The van der Waals surface area contributed by atoms with Gasteiger partial charge >= 0.3 is 0 Å². The molecular weight excluding hydrogens is 170 g/mol. The topological polar surface area (TPSA) is 3.24 Å². The molecule has 14 heavy (non-hydrogen) atoms. The third kappa shape index (κ3) is 3.75. The summed E-state index contributed by atoms with van der Waals surface area (Å²) in [5.74, 6) is 0. The number of nitrogens with zero attached hydrogens (tertiary/aromatic N) is 1. The van der Waals surface area contributed by atoms with Gasteiger partial charge in [-0.15, -0.1) is 0 Å². The van der Waals surface area contributed by atoms with Crippen LogP contribution in [0.15, 0.2) is 36.4 Å². The number of benzene rings is 1. The summed E-state index contributed by atoms with van der Waals surface area (Å²) in [5, 5.41) is 0. The molecule has 1 aromatic carbocycles. The SMILES string of the molecule is CC(CC=Cc1ccccc1)N(C)C. The molecule has 0 spiro atoms. The molecule has 0 amide bonds. The van der Waals surface area contributed by atoms with Gasteiger partial charge in [0, 0.05) is 6.04 Å². The summed E-state index contributed by atoms with van der Waals surface area (Å²) in [6.07, 6.45) is 5.52. The lowest BCUT2D eigenvalue weighted by Gasteiger charge is -2.17. The van der Waals surface area contributed by atoms with Crippen LogP contribution in [0.3, 0.4) is 0 Å². The molecule has 1 aromatic rings. The Labute approximate surface area is 87.1 Å². The highest BCUT2D eigenvalue weighted by Crippen LogP contribution is 2.04. The van der Waals surface area contributed by atoms with Crippen LogP contribution in [-0.2, 0) is 0 Å². The zero-order chi connectivity index (χ0) is 10.4. The van der Waals surface area contributed by atoms with Crippen LogP contribution in [0.1, 0.15) is 18.9 Å². The van der Waals surface area contributed by atoms with Gasteiger partial charge in [-0.3, -0.25) is 0 Å². The Bertz CT molecular complexity index is 275. The van der Waals surface area contributed by atoms with E-state index in [1.165, 1.54) is 5.56 Å². The monoisotopic (exact) mass is 189 g/mol. The van der Waals surface area contributed by atoms with E-state index >= 15 is 0 Å². The molecule has 1 rings (SSSR count). The highest BCUT2D eigenvalue weighted by molar-refractivity contribution is 5.48. The maximum absolute atomic E-state index is 2.24. The molecule has 0 aliphatic heterocycles. The van der Waals surface area contributed by atoms with Crippen molar-refractivity contribution in [2.75, 3.05) is 14.1 Å². The fraction of sp³-hybridized carbons (Fsp3) is 0.385. The summed E-state index contributed by atoms with van der Waals surface area (Å²) >= 11 is 0. The first-order valence-electron chi connectivity index (χ1n) is 5.08. The molecule has 0 saturated carbocycles. The Morgan fingerprint density at radius 3 is 2.43 bits per heavy atom. The van der Waals surface area contributed by atoms with Crippen LogP contribution in [0.5, 0.6) is 0 Å². The van der Waals surface area contributed by atoms with Crippen LogP contribution < -0.4 is 0 Å². The molecule has 1 heteroatoms. The Balaban J connectivity index is 2.42. The summed E-state index contributed by atoms with van der Waals surface area (Å²) in [6.45, 7) is 2.23. The van der Waals surface area contributed by atoms with Crippen LogP contribution in [0.2, 0.25) is 0 Å². The zero-order valence-corrected chi connectivity index (χ0v) is 9.27. The molecule has 1 unspecified atom stereocenters. The van der Waals surface area contributed by atoms with E-state index in [-0.39, 0.29) is 0 Å². The first-order valence-corrected chi connectivity index (χ1v) is 5.08. The van der Waals surface area contributed by atoms with Crippen LogP contribution in [-0.4, -0.2) is 25.0 Å². The molecule has 0 N–H and O–H groups in total. The van der Waals surface area contributed by atoms with Crippen molar-refractivity contribution < 1.29 is 0 Å². The van der Waals surface area contributed by atoms with Gasteiger partial charge in [0.15, 0.2) is 0 Å². The van der Waals surface area contributed by atoms with Crippen LogP contribution in [0.25, 0.3) is 6.08 Å². The van der Waals surface area contributed by atoms with Gasteiger partial charge in [-0.05, 0) is 33.0 Å². The molecule has 76 valence electrons. The molecule has 0 aliphatic carbocycles. The molecule has 0 saturated heterocycles. The zero-order valence-electron chi connectivity index (χ0n) is 9.27. The standard InChI is InChI=1S/C13H19N/c1-12(14(2)3)8-7-11-13-9-5-4-6-10-13/h4-7,9-12H,8H2,1-3H3. The summed E-state index contributed by atoms with van der Waals surface area (Å²) < 4.78 is 0. The minimum atomic E-state index is 0.606. The van der Waals surface area contributed by atoms with Crippen molar-refractivity contribution in [3.05, 3.63) is 42.0 Å². The van der Waals surface area contributed by atoms with Gasteiger partial charge in [-0.1, -0.05) is 42.5 Å². The smallest absolute Gasteiger partial charge is 0.00954 e. The van der Waals surface area contributed by atoms with E-state index in [0.717, 1.165) is 6.42 Å². The maximum atomic E-state index is 2.24. The molecule has 0 aromatic heterocycles. The third-order valence-electron chi connectivity index (χ3n) is 2.47. The van der Waals surface area contributed by atoms with Crippen molar-refractivity contribution in [2.24, 2.45) is 0 Å². The predicted molar refractivity (Wildman–Crippen MR) is 63.2 cm³/mol. The molecule has 0 heterocycles. The summed E-state index contributed by atoms with van der Waals surface area (Å²) in [4.78, 5) is 2.23. The first kappa shape index (κ1) is 11.0. The Hall–Kier alpha value is -1.08. The molecule has 0 aliphatic rings. The molecule has 0 bridgehead atoms. The van der Waals surface area contributed by atoms with E-state index in [9.17, 15) is 0 Å². The van der Waals surface area contributed by atoms with Gasteiger partial charge in [-0.25, -0.2) is 0 Å². The van der Waals surface area contributed by atoms with Crippen molar-refractivity contribution in [1.29, 1.82) is 0 Å². The van der Waals surface area contributed by atoms with Crippen molar-refractivity contribution >= 4 is 6.08 Å². The maximum Gasteiger partial charge on any atom is 0.00954 e. The second kappa shape index (κ2) is 5.61. The predicted octanol–water partition coefficient (Wildman–Crippen LogP) is 3.04. The van der Waals surface area contributed by atoms with E-state index in [1.54, 1.807) is 0 Å². The lowest BCUT2D eigenvalue weighted by molar-refractivity contribution is 0.316. The van der Waals surface area contributed by atoms with Crippen LogP contribution in [0.4, 0.5) is 0 Å². The van der Waals surface area contributed by atoms with E-state index in [1.807, 2.05) is 6.07 Å². The van der Waals surface area contributed by atoms with Crippen LogP contribution in [0, 0.1) is 0 Å². The Kier molecular flexibility index (Phi) is 4.41. The van der Waals surface area contributed by atoms with Gasteiger partial charge in [-0.2, -0.15) is 0 Å². The Morgan fingerprint density at radius 2 is 1.86 bits per heavy atom. The molecule has 0 fully saturated rings. The molecular formula is C13H19N. The van der Waals surface area contributed by atoms with Gasteiger partial charge < -0.3 is 4.90 Å². The fourth-order valence-corrected chi connectivity index (χ4v) is 1.18. The highest BCUT2D eigenvalue weighted by Gasteiger charge is 1.99. The summed E-state index contributed by atoms with van der Waals surface area (Å²) in [6, 6.07) is 11.0. The van der Waals surface area contributed by atoms with E-state index < -0.39 is 0 Å². The quantitative estimate of drug-likeness (QED) is 0.703.